The van der Waals surface area contributed by atoms with Crippen molar-refractivity contribution in [3.8, 4) is 0 Å². The van der Waals surface area contributed by atoms with E-state index in [0.717, 1.165) is 10.9 Å². The van der Waals surface area contributed by atoms with Crippen molar-refractivity contribution in [3.63, 3.8) is 0 Å². The zero-order valence-electron chi connectivity index (χ0n) is 14.6. The standard InChI is InChI=1S/C19H15N3O4S/c1-9-15-17(24)21-14(22-18(15)27-16(9)10(2)23)8-26-19(25)12-7-20-13-6-4-3-5-11(12)13/h3-7,20H,8H2,1-2H3,(H,21,22,24). The first kappa shape index (κ1) is 17.2. The number of carbonyl (C=O) groups is 2. The van der Waals surface area contributed by atoms with E-state index in [1.165, 1.54) is 18.3 Å². The van der Waals surface area contributed by atoms with Crippen LogP contribution in [-0.2, 0) is 11.3 Å². The van der Waals surface area contributed by atoms with Gasteiger partial charge in [-0.15, -0.1) is 11.3 Å². The SMILES string of the molecule is CC(=O)c1sc2nc(COC(=O)c3c[nH]c4ccccc34)[nH]c(=O)c2c1C. The van der Waals surface area contributed by atoms with Crippen LogP contribution in [0.15, 0.2) is 35.3 Å². The average Bonchev–Trinajstić information content (AvgIpc) is 3.21. The van der Waals surface area contributed by atoms with Gasteiger partial charge in [-0.25, -0.2) is 9.78 Å². The summed E-state index contributed by atoms with van der Waals surface area (Å²) in [5.41, 5.74) is 1.53. The number of ether oxygens (including phenoxy) is 1. The molecule has 0 fully saturated rings. The Kier molecular flexibility index (Phi) is 4.12. The average molecular weight is 381 g/mol. The highest BCUT2D eigenvalue weighted by Gasteiger charge is 2.18. The normalized spacial score (nSPS) is 11.2. The number of aromatic amines is 2. The third-order valence-corrected chi connectivity index (χ3v) is 5.61. The zero-order valence-corrected chi connectivity index (χ0v) is 15.4. The first-order chi connectivity index (χ1) is 13.0. The van der Waals surface area contributed by atoms with Crippen LogP contribution in [0.4, 0.5) is 0 Å². The van der Waals surface area contributed by atoms with Crippen LogP contribution in [-0.4, -0.2) is 26.7 Å². The van der Waals surface area contributed by atoms with Gasteiger partial charge in [-0.3, -0.25) is 9.59 Å². The number of hydrogen-bond acceptors (Lipinski definition) is 6. The van der Waals surface area contributed by atoms with Crippen LogP contribution in [0.25, 0.3) is 21.1 Å². The van der Waals surface area contributed by atoms with E-state index in [9.17, 15) is 14.4 Å². The van der Waals surface area contributed by atoms with Gasteiger partial charge in [-0.1, -0.05) is 18.2 Å². The van der Waals surface area contributed by atoms with Gasteiger partial charge in [-0.2, -0.15) is 0 Å². The molecule has 0 spiro atoms. The number of ketones is 1. The number of aromatic nitrogens is 3. The molecule has 0 bridgehead atoms. The first-order valence-electron chi connectivity index (χ1n) is 8.22. The third-order valence-electron chi connectivity index (χ3n) is 4.32. The summed E-state index contributed by atoms with van der Waals surface area (Å²) < 4.78 is 5.32. The van der Waals surface area contributed by atoms with Crippen LogP contribution in [0.5, 0.6) is 0 Å². The number of rotatable bonds is 4. The molecule has 4 aromatic rings. The van der Waals surface area contributed by atoms with E-state index < -0.39 is 5.97 Å². The number of aryl methyl sites for hydroxylation is 1. The molecule has 0 aliphatic rings. The molecule has 0 saturated carbocycles. The number of hydrogen-bond donors (Lipinski definition) is 2. The summed E-state index contributed by atoms with van der Waals surface area (Å²) in [7, 11) is 0. The number of Topliss-reactive ketones (excluding diaryl/α,β-unsaturated/α-hetero) is 1. The Morgan fingerprint density at radius 3 is 2.81 bits per heavy atom. The van der Waals surface area contributed by atoms with Crippen molar-refractivity contribution in [2.24, 2.45) is 0 Å². The second-order valence-corrected chi connectivity index (χ2v) is 7.13. The summed E-state index contributed by atoms with van der Waals surface area (Å²) >= 11 is 1.17. The van der Waals surface area contributed by atoms with Crippen molar-refractivity contribution in [2.45, 2.75) is 20.5 Å². The summed E-state index contributed by atoms with van der Waals surface area (Å²) in [6, 6.07) is 7.40. The van der Waals surface area contributed by atoms with Crippen LogP contribution in [0.1, 0.15) is 38.3 Å². The highest BCUT2D eigenvalue weighted by atomic mass is 32.1. The monoisotopic (exact) mass is 381 g/mol. The van der Waals surface area contributed by atoms with Gasteiger partial charge in [0.15, 0.2) is 5.78 Å². The molecule has 3 heterocycles. The summed E-state index contributed by atoms with van der Waals surface area (Å²) in [6.45, 7) is 3.01. The summed E-state index contributed by atoms with van der Waals surface area (Å²) in [5, 5.41) is 1.16. The second kappa shape index (κ2) is 6.48. The topological polar surface area (TPSA) is 105 Å². The van der Waals surface area contributed by atoms with Gasteiger partial charge >= 0.3 is 5.97 Å². The molecule has 8 heteroatoms. The predicted molar refractivity (Wildman–Crippen MR) is 102 cm³/mol. The lowest BCUT2D eigenvalue weighted by Crippen LogP contribution is -2.14. The number of carbonyl (C=O) groups excluding carboxylic acids is 2. The highest BCUT2D eigenvalue weighted by Crippen LogP contribution is 2.27. The Morgan fingerprint density at radius 1 is 1.26 bits per heavy atom. The molecule has 0 radical (unpaired) electrons. The minimum atomic E-state index is -0.512. The van der Waals surface area contributed by atoms with E-state index in [1.54, 1.807) is 13.1 Å². The molecule has 0 saturated heterocycles. The molecular formula is C19H15N3O4S. The molecule has 136 valence electrons. The quantitative estimate of drug-likeness (QED) is 0.417. The summed E-state index contributed by atoms with van der Waals surface area (Å²) in [6.07, 6.45) is 1.59. The molecule has 27 heavy (non-hydrogen) atoms. The summed E-state index contributed by atoms with van der Waals surface area (Å²) in [5.74, 6) is -0.388. The molecule has 0 aliphatic heterocycles. The number of para-hydroxylation sites is 1. The largest absolute Gasteiger partial charge is 0.454 e. The molecule has 2 N–H and O–H groups in total. The minimum Gasteiger partial charge on any atom is -0.454 e. The van der Waals surface area contributed by atoms with Gasteiger partial charge in [0.1, 0.15) is 17.3 Å². The fourth-order valence-corrected chi connectivity index (χ4v) is 4.14. The van der Waals surface area contributed by atoms with Gasteiger partial charge < -0.3 is 14.7 Å². The predicted octanol–water partition coefficient (Wildman–Crippen LogP) is 3.33. The highest BCUT2D eigenvalue weighted by molar-refractivity contribution is 7.20. The molecule has 1 aromatic carbocycles. The van der Waals surface area contributed by atoms with Gasteiger partial charge in [0.05, 0.1) is 15.8 Å². The van der Waals surface area contributed by atoms with Crippen LogP contribution >= 0.6 is 11.3 Å². The van der Waals surface area contributed by atoms with Crippen molar-refractivity contribution in [2.75, 3.05) is 0 Å². The number of H-pyrrole nitrogens is 2. The zero-order chi connectivity index (χ0) is 19.1. The fraction of sp³-hybridized carbons (Fsp3) is 0.158. The number of fused-ring (bicyclic) bond motifs is 2. The number of esters is 1. The Hall–Kier alpha value is -3.26. The first-order valence-corrected chi connectivity index (χ1v) is 9.04. The van der Waals surface area contributed by atoms with E-state index in [4.69, 9.17) is 4.74 Å². The Labute approximate surface area is 157 Å². The van der Waals surface area contributed by atoms with Crippen molar-refractivity contribution in [1.82, 2.24) is 15.0 Å². The van der Waals surface area contributed by atoms with Gasteiger partial charge in [0, 0.05) is 17.1 Å². The second-order valence-electron chi connectivity index (χ2n) is 6.13. The lowest BCUT2D eigenvalue weighted by Gasteiger charge is -2.04. The van der Waals surface area contributed by atoms with E-state index in [0.29, 0.717) is 26.2 Å². The van der Waals surface area contributed by atoms with Crippen LogP contribution in [0.2, 0.25) is 0 Å². The molecule has 0 atom stereocenters. The molecule has 7 nitrogen and oxygen atoms in total. The molecule has 0 unspecified atom stereocenters. The number of thiophene rings is 1. The molecule has 4 rings (SSSR count). The maximum Gasteiger partial charge on any atom is 0.340 e. The smallest absolute Gasteiger partial charge is 0.340 e. The van der Waals surface area contributed by atoms with Crippen molar-refractivity contribution in [1.29, 1.82) is 0 Å². The number of nitrogens with one attached hydrogen (secondary N) is 2. The van der Waals surface area contributed by atoms with Crippen molar-refractivity contribution < 1.29 is 14.3 Å². The van der Waals surface area contributed by atoms with Crippen LogP contribution in [0.3, 0.4) is 0 Å². The van der Waals surface area contributed by atoms with Gasteiger partial charge in [-0.05, 0) is 25.5 Å². The molecule has 3 aromatic heterocycles. The molecule has 0 aliphatic carbocycles. The lowest BCUT2D eigenvalue weighted by molar-refractivity contribution is 0.0464. The number of benzene rings is 1. The molecule has 0 amide bonds. The molecular weight excluding hydrogens is 366 g/mol. The van der Waals surface area contributed by atoms with E-state index in [2.05, 4.69) is 15.0 Å². The Morgan fingerprint density at radius 2 is 2.04 bits per heavy atom. The summed E-state index contributed by atoms with van der Waals surface area (Å²) in [4.78, 5) is 47.4. The van der Waals surface area contributed by atoms with Crippen LogP contribution in [0, 0.1) is 6.92 Å². The van der Waals surface area contributed by atoms with Gasteiger partial charge in [0.25, 0.3) is 5.56 Å². The lowest BCUT2D eigenvalue weighted by atomic mass is 10.2. The minimum absolute atomic E-state index is 0.109. The van der Waals surface area contributed by atoms with E-state index in [1.807, 2.05) is 24.3 Å². The van der Waals surface area contributed by atoms with E-state index in [-0.39, 0.29) is 23.8 Å². The number of nitrogens with zero attached hydrogens (tertiary/aromatic N) is 1. The van der Waals surface area contributed by atoms with Gasteiger partial charge in [0.2, 0.25) is 0 Å². The van der Waals surface area contributed by atoms with E-state index >= 15 is 0 Å². The van der Waals surface area contributed by atoms with Crippen molar-refractivity contribution >= 4 is 44.2 Å². The van der Waals surface area contributed by atoms with Crippen LogP contribution < -0.4 is 5.56 Å². The maximum absolute atomic E-state index is 12.4. The fourth-order valence-electron chi connectivity index (χ4n) is 3.04. The third kappa shape index (κ3) is 2.93. The van der Waals surface area contributed by atoms with Crippen molar-refractivity contribution in [3.05, 3.63) is 62.6 Å². The Balaban J connectivity index is 1.61. The Bertz CT molecular complexity index is 1270. The maximum atomic E-state index is 12.4.